The number of benzene rings is 1. The summed E-state index contributed by atoms with van der Waals surface area (Å²) in [5.74, 6) is 0.514. The fourth-order valence-corrected chi connectivity index (χ4v) is 3.20. The van der Waals surface area contributed by atoms with Crippen LogP contribution in [0.25, 0.3) is 0 Å². The van der Waals surface area contributed by atoms with E-state index >= 15 is 0 Å². The molecule has 1 aromatic carbocycles. The SMILES string of the molecule is N[C@]1(c2ccc(Br)cc2)C[C@](O)(C2CC2)C1. The standard InChI is InChI=1S/C13H16BrNO/c14-11-5-3-9(4-6-11)12(15)7-13(16,8-12)10-1-2-10/h3-6,10,16H,1-2,7-8,15H2/t12-,13-. The highest BCUT2D eigenvalue weighted by Gasteiger charge is 2.58. The van der Waals surface area contributed by atoms with Crippen LogP contribution in [0.4, 0.5) is 0 Å². The zero-order chi connectivity index (χ0) is 11.4. The monoisotopic (exact) mass is 281 g/mol. The fourth-order valence-electron chi connectivity index (χ4n) is 2.94. The van der Waals surface area contributed by atoms with E-state index < -0.39 is 5.60 Å². The first kappa shape index (κ1) is 10.8. The van der Waals surface area contributed by atoms with Crippen molar-refractivity contribution in [2.24, 2.45) is 11.7 Å². The fraction of sp³-hybridized carbons (Fsp3) is 0.538. The molecule has 0 bridgehead atoms. The van der Waals surface area contributed by atoms with Crippen molar-refractivity contribution in [3.63, 3.8) is 0 Å². The quantitative estimate of drug-likeness (QED) is 0.875. The normalized spacial score (nSPS) is 38.2. The third kappa shape index (κ3) is 1.62. The molecular weight excluding hydrogens is 266 g/mol. The molecule has 2 saturated carbocycles. The molecule has 3 rings (SSSR count). The van der Waals surface area contributed by atoms with Gasteiger partial charge in [-0.25, -0.2) is 0 Å². The summed E-state index contributed by atoms with van der Waals surface area (Å²) in [6.45, 7) is 0. The minimum atomic E-state index is -0.470. The van der Waals surface area contributed by atoms with E-state index in [0.29, 0.717) is 18.8 Å². The van der Waals surface area contributed by atoms with E-state index in [-0.39, 0.29) is 5.54 Å². The molecule has 0 heterocycles. The van der Waals surface area contributed by atoms with Crippen LogP contribution in [0.2, 0.25) is 0 Å². The summed E-state index contributed by atoms with van der Waals surface area (Å²) in [6, 6.07) is 8.13. The molecule has 2 nitrogen and oxygen atoms in total. The average molecular weight is 282 g/mol. The van der Waals surface area contributed by atoms with Gasteiger partial charge in [0.05, 0.1) is 5.60 Å². The number of hydrogen-bond acceptors (Lipinski definition) is 2. The molecule has 0 unspecified atom stereocenters. The van der Waals surface area contributed by atoms with Crippen LogP contribution in [-0.4, -0.2) is 10.7 Å². The Morgan fingerprint density at radius 1 is 1.19 bits per heavy atom. The Morgan fingerprint density at radius 2 is 1.75 bits per heavy atom. The van der Waals surface area contributed by atoms with Crippen LogP contribution in [0.5, 0.6) is 0 Å². The van der Waals surface area contributed by atoms with Gasteiger partial charge < -0.3 is 10.8 Å². The lowest BCUT2D eigenvalue weighted by Gasteiger charge is -2.52. The topological polar surface area (TPSA) is 46.2 Å². The van der Waals surface area contributed by atoms with Gasteiger partial charge in [-0.3, -0.25) is 0 Å². The van der Waals surface area contributed by atoms with Gasteiger partial charge in [0.1, 0.15) is 0 Å². The Morgan fingerprint density at radius 3 is 2.25 bits per heavy atom. The first-order chi connectivity index (χ1) is 7.52. The molecule has 3 heteroatoms. The van der Waals surface area contributed by atoms with Crippen molar-refractivity contribution in [1.29, 1.82) is 0 Å². The number of aliphatic hydroxyl groups is 1. The highest BCUT2D eigenvalue weighted by molar-refractivity contribution is 9.10. The molecule has 0 atom stereocenters. The summed E-state index contributed by atoms with van der Waals surface area (Å²) < 4.78 is 1.07. The highest BCUT2D eigenvalue weighted by atomic mass is 79.9. The molecule has 86 valence electrons. The average Bonchev–Trinajstić information content (AvgIpc) is 2.99. The predicted octanol–water partition coefficient (Wildman–Crippen LogP) is 2.54. The zero-order valence-corrected chi connectivity index (χ0v) is 10.7. The summed E-state index contributed by atoms with van der Waals surface area (Å²) in [6.07, 6.45) is 3.78. The lowest BCUT2D eigenvalue weighted by molar-refractivity contribution is -0.106. The number of rotatable bonds is 2. The van der Waals surface area contributed by atoms with Gasteiger partial charge in [-0.2, -0.15) is 0 Å². The van der Waals surface area contributed by atoms with E-state index in [2.05, 4.69) is 28.1 Å². The van der Waals surface area contributed by atoms with E-state index in [4.69, 9.17) is 5.73 Å². The van der Waals surface area contributed by atoms with Crippen LogP contribution >= 0.6 is 15.9 Å². The second-order valence-corrected chi connectivity index (χ2v) is 6.31. The largest absolute Gasteiger partial charge is 0.389 e. The first-order valence-electron chi connectivity index (χ1n) is 5.79. The van der Waals surface area contributed by atoms with Crippen molar-refractivity contribution in [2.45, 2.75) is 36.8 Å². The molecule has 0 saturated heterocycles. The highest BCUT2D eigenvalue weighted by Crippen LogP contribution is 2.56. The minimum Gasteiger partial charge on any atom is -0.389 e. The van der Waals surface area contributed by atoms with E-state index in [1.165, 1.54) is 12.8 Å². The number of hydrogen-bond donors (Lipinski definition) is 2. The number of nitrogens with two attached hydrogens (primary N) is 1. The molecule has 0 aliphatic heterocycles. The van der Waals surface area contributed by atoms with E-state index in [1.54, 1.807) is 0 Å². The Hall–Kier alpha value is -0.380. The van der Waals surface area contributed by atoms with Gasteiger partial charge in [-0.15, -0.1) is 0 Å². The van der Waals surface area contributed by atoms with Gasteiger partial charge in [0.25, 0.3) is 0 Å². The molecule has 3 N–H and O–H groups in total. The van der Waals surface area contributed by atoms with Gasteiger partial charge in [0.15, 0.2) is 0 Å². The zero-order valence-electron chi connectivity index (χ0n) is 9.12. The van der Waals surface area contributed by atoms with Crippen molar-refractivity contribution in [1.82, 2.24) is 0 Å². The third-order valence-electron chi connectivity index (χ3n) is 4.00. The molecule has 1 aromatic rings. The second kappa shape index (κ2) is 3.31. The molecule has 2 aliphatic carbocycles. The van der Waals surface area contributed by atoms with Gasteiger partial charge in [-0.05, 0) is 49.3 Å². The summed E-state index contributed by atoms with van der Waals surface area (Å²) in [4.78, 5) is 0. The molecule has 16 heavy (non-hydrogen) atoms. The number of halogens is 1. The first-order valence-corrected chi connectivity index (χ1v) is 6.59. The summed E-state index contributed by atoms with van der Waals surface area (Å²) in [5, 5.41) is 10.3. The maximum absolute atomic E-state index is 10.3. The van der Waals surface area contributed by atoms with Crippen molar-refractivity contribution in [3.05, 3.63) is 34.3 Å². The van der Waals surface area contributed by atoms with Gasteiger partial charge >= 0.3 is 0 Å². The molecular formula is C13H16BrNO. The Balaban J connectivity index is 1.78. The third-order valence-corrected chi connectivity index (χ3v) is 4.53. The maximum Gasteiger partial charge on any atom is 0.0717 e. The molecule has 2 aliphatic rings. The van der Waals surface area contributed by atoms with Crippen molar-refractivity contribution < 1.29 is 5.11 Å². The van der Waals surface area contributed by atoms with E-state index in [0.717, 1.165) is 10.0 Å². The van der Waals surface area contributed by atoms with Crippen molar-refractivity contribution >= 4 is 15.9 Å². The van der Waals surface area contributed by atoms with Crippen LogP contribution in [0.3, 0.4) is 0 Å². The smallest absolute Gasteiger partial charge is 0.0717 e. The van der Waals surface area contributed by atoms with Crippen molar-refractivity contribution in [3.8, 4) is 0 Å². The van der Waals surface area contributed by atoms with Gasteiger partial charge in [-0.1, -0.05) is 28.1 Å². The van der Waals surface area contributed by atoms with Crippen LogP contribution in [0.15, 0.2) is 28.7 Å². The maximum atomic E-state index is 10.3. The lowest BCUT2D eigenvalue weighted by Crippen LogP contribution is -2.60. The summed E-state index contributed by atoms with van der Waals surface area (Å²) >= 11 is 3.42. The predicted molar refractivity (Wildman–Crippen MR) is 66.9 cm³/mol. The van der Waals surface area contributed by atoms with Crippen LogP contribution < -0.4 is 5.73 Å². The minimum absolute atomic E-state index is 0.308. The Bertz CT molecular complexity index is 404. The van der Waals surface area contributed by atoms with Crippen LogP contribution in [0, 0.1) is 5.92 Å². The molecule has 0 aromatic heterocycles. The molecule has 0 spiro atoms. The van der Waals surface area contributed by atoms with Crippen LogP contribution in [0.1, 0.15) is 31.2 Å². The molecule has 0 radical (unpaired) electrons. The summed E-state index contributed by atoms with van der Waals surface area (Å²) in [5.41, 5.74) is 6.70. The van der Waals surface area contributed by atoms with Crippen molar-refractivity contribution in [2.75, 3.05) is 0 Å². The second-order valence-electron chi connectivity index (χ2n) is 5.39. The lowest BCUT2D eigenvalue weighted by atomic mass is 9.60. The van der Waals surface area contributed by atoms with Crippen LogP contribution in [-0.2, 0) is 5.54 Å². The Kier molecular flexibility index (Phi) is 2.23. The molecule has 2 fully saturated rings. The van der Waals surface area contributed by atoms with Gasteiger partial charge in [0, 0.05) is 10.0 Å². The Labute approximate surface area is 104 Å². The molecule has 0 amide bonds. The van der Waals surface area contributed by atoms with Gasteiger partial charge in [0.2, 0.25) is 0 Å². The summed E-state index contributed by atoms with van der Waals surface area (Å²) in [7, 11) is 0. The van der Waals surface area contributed by atoms with E-state index in [9.17, 15) is 5.11 Å². The van der Waals surface area contributed by atoms with E-state index in [1.807, 2.05) is 12.1 Å².